The predicted octanol–water partition coefficient (Wildman–Crippen LogP) is 4.88. The summed E-state index contributed by atoms with van der Waals surface area (Å²) in [6.07, 6.45) is 1.66. The molecule has 0 amide bonds. The van der Waals surface area contributed by atoms with Crippen molar-refractivity contribution < 1.29 is 4.39 Å². The number of hydrogen-bond donors (Lipinski definition) is 0. The minimum Gasteiger partial charge on any atom is -0.370 e. The van der Waals surface area contributed by atoms with Gasteiger partial charge in [0.15, 0.2) is 0 Å². The topological polar surface area (TPSA) is 37.6 Å². The van der Waals surface area contributed by atoms with E-state index in [2.05, 4.69) is 30.3 Å². The van der Waals surface area contributed by atoms with Crippen molar-refractivity contribution in [3.8, 4) is 11.1 Å². The second kappa shape index (κ2) is 6.55. The van der Waals surface area contributed by atoms with E-state index in [1.165, 1.54) is 24.3 Å². The van der Waals surface area contributed by atoms with Gasteiger partial charge in [0.2, 0.25) is 0 Å². The first-order chi connectivity index (χ1) is 13.5. The largest absolute Gasteiger partial charge is 0.370 e. The van der Waals surface area contributed by atoms with Crippen LogP contribution in [0.4, 0.5) is 4.39 Å². The lowest BCUT2D eigenvalue weighted by Gasteiger charge is -2.48. The fraction of sp³-hybridized carbons (Fsp3) is 0.333. The Bertz CT molecular complexity index is 1150. The molecule has 1 aromatic carbocycles. The molecule has 2 aromatic heterocycles. The Morgan fingerprint density at radius 1 is 1.17 bits per heavy atom. The van der Waals surface area contributed by atoms with E-state index in [1.807, 2.05) is 30.3 Å². The zero-order valence-corrected chi connectivity index (χ0v) is 17.4. The summed E-state index contributed by atoms with van der Waals surface area (Å²) in [5.74, 6) is 0. The van der Waals surface area contributed by atoms with Crippen LogP contribution < -0.4 is 5.56 Å². The van der Waals surface area contributed by atoms with Crippen molar-refractivity contribution in [3.05, 3.63) is 76.9 Å². The third kappa shape index (κ3) is 3.57. The van der Waals surface area contributed by atoms with Crippen LogP contribution in [0.25, 0.3) is 22.5 Å². The molecule has 3 aromatic rings. The number of aromatic nitrogens is 2. The van der Waals surface area contributed by atoms with Crippen molar-refractivity contribution in [2.75, 3.05) is 13.1 Å². The van der Waals surface area contributed by atoms with Gasteiger partial charge >= 0.3 is 0 Å². The van der Waals surface area contributed by atoms with Gasteiger partial charge in [-0.15, -0.1) is 0 Å². The van der Waals surface area contributed by atoms with Crippen LogP contribution in [0.3, 0.4) is 0 Å². The summed E-state index contributed by atoms with van der Waals surface area (Å²) in [5.41, 5.74) is 2.76. The molecule has 4 nitrogen and oxygen atoms in total. The Morgan fingerprint density at radius 2 is 1.83 bits per heavy atom. The quantitative estimate of drug-likeness (QED) is 0.636. The van der Waals surface area contributed by atoms with E-state index in [9.17, 15) is 9.18 Å². The van der Waals surface area contributed by atoms with Gasteiger partial charge in [0.05, 0.1) is 5.69 Å². The molecule has 0 N–H and O–H groups in total. The van der Waals surface area contributed by atoms with Gasteiger partial charge in [-0.25, -0.2) is 9.37 Å². The van der Waals surface area contributed by atoms with E-state index in [-0.39, 0.29) is 11.3 Å². The predicted molar refractivity (Wildman–Crippen MR) is 115 cm³/mol. The van der Waals surface area contributed by atoms with Crippen molar-refractivity contribution in [3.63, 3.8) is 0 Å². The molecule has 0 bridgehead atoms. The first kappa shape index (κ1) is 19.4. The van der Waals surface area contributed by atoms with Gasteiger partial charge in [-0.05, 0) is 42.5 Å². The highest BCUT2D eigenvalue weighted by molar-refractivity contribution is 5.78. The monoisotopic (exact) mass is 391 g/mol. The minimum absolute atomic E-state index is 0.139. The van der Waals surface area contributed by atoms with E-state index in [0.29, 0.717) is 11.1 Å². The van der Waals surface area contributed by atoms with Crippen LogP contribution in [0.5, 0.6) is 0 Å². The van der Waals surface area contributed by atoms with Gasteiger partial charge in [0, 0.05) is 36.6 Å². The summed E-state index contributed by atoms with van der Waals surface area (Å²) in [7, 11) is 0. The summed E-state index contributed by atoms with van der Waals surface area (Å²) in [6.45, 7) is 13.6. The van der Waals surface area contributed by atoms with Crippen molar-refractivity contribution in [1.29, 1.82) is 0 Å². The standard InChI is InChI=1S/C24H26FN3O/c1-16(27-14-23(2,3)15-27)17-8-10-18(11-9-17)19-7-6-12-28-21(29)13-20(24(4,5)25)26-22(19)28/h6-13H,1,14-15H2,2-5H3. The van der Waals surface area contributed by atoms with Crippen LogP contribution >= 0.6 is 0 Å². The molecule has 1 aliphatic heterocycles. The molecule has 5 heteroatoms. The average molecular weight is 391 g/mol. The maximum atomic E-state index is 14.4. The first-order valence-electron chi connectivity index (χ1n) is 9.82. The third-order valence-electron chi connectivity index (χ3n) is 5.45. The third-order valence-corrected chi connectivity index (χ3v) is 5.45. The van der Waals surface area contributed by atoms with Gasteiger partial charge < -0.3 is 4.90 Å². The van der Waals surface area contributed by atoms with E-state index in [4.69, 9.17) is 0 Å². The minimum atomic E-state index is -1.69. The van der Waals surface area contributed by atoms with Crippen molar-refractivity contribution in [2.24, 2.45) is 5.41 Å². The van der Waals surface area contributed by atoms with Crippen molar-refractivity contribution >= 4 is 11.3 Å². The zero-order chi connectivity index (χ0) is 21.0. The number of nitrogens with zero attached hydrogens (tertiary/aromatic N) is 3. The van der Waals surface area contributed by atoms with Crippen LogP contribution in [-0.2, 0) is 5.67 Å². The van der Waals surface area contributed by atoms with Gasteiger partial charge in [-0.3, -0.25) is 9.20 Å². The molecule has 4 rings (SSSR count). The lowest BCUT2D eigenvalue weighted by atomic mass is 9.83. The molecular weight excluding hydrogens is 365 g/mol. The van der Waals surface area contributed by atoms with Crippen LogP contribution in [0, 0.1) is 5.41 Å². The summed E-state index contributed by atoms with van der Waals surface area (Å²) >= 11 is 0. The van der Waals surface area contributed by atoms with Crippen LogP contribution in [0.1, 0.15) is 39.0 Å². The van der Waals surface area contributed by atoms with Gasteiger partial charge in [0.1, 0.15) is 11.3 Å². The Labute approximate surface area is 170 Å². The molecule has 0 unspecified atom stereocenters. The van der Waals surface area contributed by atoms with E-state index >= 15 is 0 Å². The summed E-state index contributed by atoms with van der Waals surface area (Å²) in [5, 5.41) is 0. The highest BCUT2D eigenvalue weighted by Crippen LogP contribution is 2.35. The summed E-state index contributed by atoms with van der Waals surface area (Å²) < 4.78 is 15.9. The number of benzene rings is 1. The Balaban J connectivity index is 1.72. The molecule has 1 fully saturated rings. The van der Waals surface area contributed by atoms with E-state index in [1.54, 1.807) is 12.3 Å². The average Bonchev–Trinajstić information content (AvgIpc) is 2.64. The maximum absolute atomic E-state index is 14.4. The highest BCUT2D eigenvalue weighted by Gasteiger charge is 2.34. The lowest BCUT2D eigenvalue weighted by Crippen LogP contribution is -2.51. The number of pyridine rings is 1. The molecule has 3 heterocycles. The second-order valence-electron chi connectivity index (χ2n) is 9.11. The van der Waals surface area contributed by atoms with Crippen molar-refractivity contribution in [1.82, 2.24) is 14.3 Å². The lowest BCUT2D eigenvalue weighted by molar-refractivity contribution is 0.0888. The number of fused-ring (bicyclic) bond motifs is 1. The molecular formula is C24H26FN3O. The van der Waals surface area contributed by atoms with Crippen LogP contribution in [-0.4, -0.2) is 27.4 Å². The first-order valence-corrected chi connectivity index (χ1v) is 9.82. The molecule has 0 atom stereocenters. The fourth-order valence-corrected chi connectivity index (χ4v) is 3.86. The number of likely N-dealkylation sites (tertiary alicyclic amines) is 1. The molecule has 29 heavy (non-hydrogen) atoms. The molecule has 0 spiro atoms. The van der Waals surface area contributed by atoms with Gasteiger partial charge in [-0.1, -0.05) is 44.7 Å². The molecule has 1 aliphatic rings. The van der Waals surface area contributed by atoms with E-state index < -0.39 is 5.67 Å². The maximum Gasteiger partial charge on any atom is 0.258 e. The Hall–Kier alpha value is -2.95. The highest BCUT2D eigenvalue weighted by atomic mass is 19.1. The normalized spacial score (nSPS) is 16.0. The molecule has 150 valence electrons. The number of alkyl halides is 1. The van der Waals surface area contributed by atoms with Gasteiger partial charge in [0.25, 0.3) is 5.56 Å². The number of rotatable bonds is 4. The molecule has 0 saturated carbocycles. The molecule has 1 saturated heterocycles. The smallest absolute Gasteiger partial charge is 0.258 e. The van der Waals surface area contributed by atoms with Gasteiger partial charge in [-0.2, -0.15) is 0 Å². The Kier molecular flexibility index (Phi) is 4.37. The number of hydrogen-bond acceptors (Lipinski definition) is 3. The molecule has 0 aliphatic carbocycles. The molecule has 0 radical (unpaired) electrons. The second-order valence-corrected chi connectivity index (χ2v) is 9.11. The van der Waals surface area contributed by atoms with E-state index in [0.717, 1.165) is 35.5 Å². The summed E-state index contributed by atoms with van der Waals surface area (Å²) in [4.78, 5) is 19.2. The number of halogens is 1. The van der Waals surface area contributed by atoms with Crippen LogP contribution in [0.2, 0.25) is 0 Å². The summed E-state index contributed by atoms with van der Waals surface area (Å²) in [6, 6.07) is 13.0. The zero-order valence-electron chi connectivity index (χ0n) is 17.4. The SMILES string of the molecule is C=C(c1ccc(-c2cccn3c(=O)cc(C(C)(C)F)nc23)cc1)N1CC(C)(C)C1. The van der Waals surface area contributed by atoms with Crippen molar-refractivity contribution in [2.45, 2.75) is 33.4 Å². The fourth-order valence-electron chi connectivity index (χ4n) is 3.86. The Morgan fingerprint density at radius 3 is 2.41 bits per heavy atom. The van der Waals surface area contributed by atoms with Crippen LogP contribution in [0.15, 0.2) is 60.0 Å².